The van der Waals surface area contributed by atoms with Crippen LogP contribution in [0.3, 0.4) is 0 Å². The molecule has 0 saturated carbocycles. The van der Waals surface area contributed by atoms with E-state index >= 15 is 0 Å². The summed E-state index contributed by atoms with van der Waals surface area (Å²) in [5, 5.41) is 8.25. The minimum Gasteiger partial charge on any atom is -0.492 e. The van der Waals surface area contributed by atoms with E-state index in [1.807, 2.05) is 79.7 Å². The number of aromatic nitrogens is 1. The van der Waals surface area contributed by atoms with Crippen LogP contribution in [0.2, 0.25) is 0 Å². The molecule has 0 radical (unpaired) electrons. The van der Waals surface area contributed by atoms with Crippen molar-refractivity contribution in [3.8, 4) is 16.9 Å². The number of nitrogens with one attached hydrogen (secondary N) is 2. The first kappa shape index (κ1) is 23.4. The van der Waals surface area contributed by atoms with Crippen LogP contribution in [-0.2, 0) is 4.74 Å². The van der Waals surface area contributed by atoms with Gasteiger partial charge in [0.25, 0.3) is 5.91 Å². The van der Waals surface area contributed by atoms with E-state index in [-0.39, 0.29) is 5.91 Å². The molecule has 174 valence electrons. The van der Waals surface area contributed by atoms with Crippen LogP contribution < -0.4 is 15.4 Å². The van der Waals surface area contributed by atoms with Crippen LogP contribution in [0.4, 0.5) is 5.69 Å². The van der Waals surface area contributed by atoms with Crippen molar-refractivity contribution in [2.24, 2.45) is 0 Å². The summed E-state index contributed by atoms with van der Waals surface area (Å²) in [7, 11) is 0. The fourth-order valence-electron chi connectivity index (χ4n) is 3.72. The summed E-state index contributed by atoms with van der Waals surface area (Å²) < 4.78 is 11.3. The summed E-state index contributed by atoms with van der Waals surface area (Å²) in [5.74, 6) is 0.627. The molecule has 34 heavy (non-hydrogen) atoms. The number of ether oxygens (including phenoxy) is 2. The molecule has 4 rings (SSSR count). The Morgan fingerprint density at radius 3 is 2.53 bits per heavy atom. The van der Waals surface area contributed by atoms with E-state index in [1.165, 1.54) is 0 Å². The maximum Gasteiger partial charge on any atom is 0.255 e. The van der Waals surface area contributed by atoms with Crippen molar-refractivity contribution in [1.29, 1.82) is 0 Å². The second-order valence-electron chi connectivity index (χ2n) is 7.73. The van der Waals surface area contributed by atoms with Crippen LogP contribution in [0.5, 0.6) is 5.75 Å². The third-order valence-electron chi connectivity index (χ3n) is 5.42. The Bertz CT molecular complexity index is 1230. The van der Waals surface area contributed by atoms with E-state index in [9.17, 15) is 4.79 Å². The van der Waals surface area contributed by atoms with Gasteiger partial charge >= 0.3 is 0 Å². The molecule has 1 heterocycles. The number of fused-ring (bicyclic) bond motifs is 1. The van der Waals surface area contributed by atoms with Gasteiger partial charge in [0.15, 0.2) is 0 Å². The van der Waals surface area contributed by atoms with Crippen LogP contribution in [0.1, 0.15) is 17.3 Å². The summed E-state index contributed by atoms with van der Waals surface area (Å²) in [6.45, 7) is 5.48. The third kappa shape index (κ3) is 5.98. The van der Waals surface area contributed by atoms with Gasteiger partial charge in [0.05, 0.1) is 6.61 Å². The second-order valence-corrected chi connectivity index (χ2v) is 7.73. The minimum absolute atomic E-state index is 0.164. The summed E-state index contributed by atoms with van der Waals surface area (Å²) >= 11 is 0. The van der Waals surface area contributed by atoms with Crippen LogP contribution in [0.25, 0.3) is 21.9 Å². The van der Waals surface area contributed by atoms with E-state index in [2.05, 4.69) is 15.6 Å². The van der Waals surface area contributed by atoms with Crippen molar-refractivity contribution in [2.45, 2.75) is 6.92 Å². The van der Waals surface area contributed by atoms with E-state index in [0.29, 0.717) is 18.8 Å². The summed E-state index contributed by atoms with van der Waals surface area (Å²) in [6, 6.07) is 23.1. The van der Waals surface area contributed by atoms with Crippen molar-refractivity contribution in [2.75, 3.05) is 38.2 Å². The maximum absolute atomic E-state index is 13.1. The molecule has 0 aliphatic heterocycles. The molecule has 2 N–H and O–H groups in total. The lowest BCUT2D eigenvalue weighted by atomic mass is 10.0. The molecule has 0 spiro atoms. The highest BCUT2D eigenvalue weighted by Gasteiger charge is 2.12. The first-order chi connectivity index (χ1) is 16.8. The molecule has 4 aromatic rings. The Labute approximate surface area is 199 Å². The number of nitrogens with zero attached hydrogens (tertiary/aromatic N) is 1. The van der Waals surface area contributed by atoms with Gasteiger partial charge < -0.3 is 20.1 Å². The molecule has 1 aromatic heterocycles. The number of carbonyl (C=O) groups excluding carboxylic acids is 1. The third-order valence-corrected chi connectivity index (χ3v) is 5.42. The SMILES string of the molecule is CCOCCNCCOc1ccc(NC(=O)c2cccc(-c3cccnc3)c2)c2ccccc12. The Morgan fingerprint density at radius 1 is 0.882 bits per heavy atom. The van der Waals surface area contributed by atoms with E-state index < -0.39 is 0 Å². The molecule has 0 atom stereocenters. The minimum atomic E-state index is -0.164. The molecule has 6 nitrogen and oxygen atoms in total. The highest BCUT2D eigenvalue weighted by molar-refractivity contribution is 6.10. The van der Waals surface area contributed by atoms with Crippen molar-refractivity contribution in [3.05, 3.63) is 90.8 Å². The summed E-state index contributed by atoms with van der Waals surface area (Å²) in [5.41, 5.74) is 3.25. The van der Waals surface area contributed by atoms with Crippen molar-refractivity contribution >= 4 is 22.4 Å². The standard InChI is InChI=1S/C28H29N3O3/c1-2-33-17-15-29-16-18-34-27-13-12-26(24-10-3-4-11-25(24)27)31-28(32)22-8-5-7-21(19-22)23-9-6-14-30-20-23/h3-14,19-20,29H,2,15-18H2,1H3,(H,31,32). The van der Waals surface area contributed by atoms with Crippen LogP contribution in [0, 0.1) is 0 Å². The lowest BCUT2D eigenvalue weighted by Gasteiger charge is -2.14. The fraction of sp³-hybridized carbons (Fsp3) is 0.214. The molecule has 0 fully saturated rings. The quantitative estimate of drug-likeness (QED) is 0.306. The Hall–Kier alpha value is -3.74. The first-order valence-electron chi connectivity index (χ1n) is 11.5. The van der Waals surface area contributed by atoms with E-state index in [4.69, 9.17) is 9.47 Å². The maximum atomic E-state index is 13.1. The lowest BCUT2D eigenvalue weighted by Crippen LogP contribution is -2.25. The lowest BCUT2D eigenvalue weighted by molar-refractivity contribution is 0.102. The second kappa shape index (κ2) is 11.9. The van der Waals surface area contributed by atoms with Crippen LogP contribution >= 0.6 is 0 Å². The predicted molar refractivity (Wildman–Crippen MR) is 136 cm³/mol. The number of hydrogen-bond acceptors (Lipinski definition) is 5. The molecule has 0 saturated heterocycles. The number of hydrogen-bond donors (Lipinski definition) is 2. The zero-order chi connectivity index (χ0) is 23.6. The normalized spacial score (nSPS) is 10.9. The number of rotatable bonds is 11. The Morgan fingerprint density at radius 2 is 1.71 bits per heavy atom. The average Bonchev–Trinajstić information content (AvgIpc) is 2.89. The van der Waals surface area contributed by atoms with Gasteiger partial charge in [-0.05, 0) is 42.8 Å². The number of benzene rings is 3. The van der Waals surface area contributed by atoms with E-state index in [1.54, 1.807) is 12.4 Å². The van der Waals surface area contributed by atoms with Gasteiger partial charge in [-0.15, -0.1) is 0 Å². The van der Waals surface area contributed by atoms with Gasteiger partial charge in [-0.3, -0.25) is 9.78 Å². The molecule has 0 unspecified atom stereocenters. The van der Waals surface area contributed by atoms with Crippen LogP contribution in [-0.4, -0.2) is 43.8 Å². The molecule has 1 amide bonds. The monoisotopic (exact) mass is 455 g/mol. The van der Waals surface area contributed by atoms with Gasteiger partial charge in [-0.1, -0.05) is 42.5 Å². The number of amides is 1. The molecule has 6 heteroatoms. The predicted octanol–water partition coefficient (Wildman–Crippen LogP) is 5.16. The van der Waals surface area contributed by atoms with Crippen LogP contribution in [0.15, 0.2) is 85.2 Å². The molecule has 0 aliphatic carbocycles. The number of carbonyl (C=O) groups is 1. The van der Waals surface area contributed by atoms with E-state index in [0.717, 1.165) is 53.0 Å². The Kier molecular flexibility index (Phi) is 8.22. The van der Waals surface area contributed by atoms with Gasteiger partial charge in [0, 0.05) is 59.7 Å². The average molecular weight is 456 g/mol. The molecular formula is C28H29N3O3. The van der Waals surface area contributed by atoms with Gasteiger partial charge in [-0.2, -0.15) is 0 Å². The molecule has 0 bridgehead atoms. The zero-order valence-electron chi connectivity index (χ0n) is 19.3. The van der Waals surface area contributed by atoms with Gasteiger partial charge in [-0.25, -0.2) is 0 Å². The van der Waals surface area contributed by atoms with Crippen molar-refractivity contribution in [3.63, 3.8) is 0 Å². The number of anilines is 1. The summed E-state index contributed by atoms with van der Waals surface area (Å²) in [4.78, 5) is 17.2. The fourth-order valence-corrected chi connectivity index (χ4v) is 3.72. The summed E-state index contributed by atoms with van der Waals surface area (Å²) in [6.07, 6.45) is 3.52. The topological polar surface area (TPSA) is 72.5 Å². The highest BCUT2D eigenvalue weighted by atomic mass is 16.5. The van der Waals surface area contributed by atoms with Gasteiger partial charge in [0.1, 0.15) is 12.4 Å². The molecule has 3 aromatic carbocycles. The number of pyridine rings is 1. The molecule has 0 aliphatic rings. The highest BCUT2D eigenvalue weighted by Crippen LogP contribution is 2.32. The zero-order valence-corrected chi connectivity index (χ0v) is 19.3. The van der Waals surface area contributed by atoms with Crippen molar-refractivity contribution in [1.82, 2.24) is 10.3 Å². The van der Waals surface area contributed by atoms with Gasteiger partial charge in [0.2, 0.25) is 0 Å². The molecular weight excluding hydrogens is 426 g/mol. The Balaban J connectivity index is 1.46. The smallest absolute Gasteiger partial charge is 0.255 e. The first-order valence-corrected chi connectivity index (χ1v) is 11.5. The van der Waals surface area contributed by atoms with Crippen molar-refractivity contribution < 1.29 is 14.3 Å². The largest absolute Gasteiger partial charge is 0.492 e.